The van der Waals surface area contributed by atoms with E-state index in [2.05, 4.69) is 10.4 Å². The number of aryl methyl sites for hydroxylation is 1. The number of aromatic nitrogens is 2. The molecule has 0 radical (unpaired) electrons. The van der Waals surface area contributed by atoms with Gasteiger partial charge in [0.15, 0.2) is 5.03 Å². The van der Waals surface area contributed by atoms with Crippen molar-refractivity contribution in [1.82, 2.24) is 14.1 Å². The van der Waals surface area contributed by atoms with Crippen LogP contribution >= 0.6 is 11.6 Å². The fraction of sp³-hybridized carbons (Fsp3) is 0.167. The zero-order valence-corrected chi connectivity index (χ0v) is 12.5. The number of nitrogens with zero attached hydrogens (tertiary/aromatic N) is 3. The van der Waals surface area contributed by atoms with Gasteiger partial charge in [-0.1, -0.05) is 23.7 Å². The highest BCUT2D eigenvalue weighted by molar-refractivity contribution is 7.89. The summed E-state index contributed by atoms with van der Waals surface area (Å²) < 4.78 is 27.1. The Bertz CT molecular complexity index is 831. The number of nitrogens with one attached hydrogen (secondary N) is 1. The molecule has 3 rings (SSSR count). The van der Waals surface area contributed by atoms with Gasteiger partial charge < -0.3 is 5.32 Å². The summed E-state index contributed by atoms with van der Waals surface area (Å²) >= 11 is 5.88. The first kappa shape index (κ1) is 13.9. The highest BCUT2D eigenvalue weighted by Crippen LogP contribution is 2.30. The van der Waals surface area contributed by atoms with Crippen LogP contribution in [0.5, 0.6) is 0 Å². The van der Waals surface area contributed by atoms with Crippen LogP contribution in [0.2, 0.25) is 5.02 Å². The minimum Gasteiger partial charge on any atom is -0.303 e. The van der Waals surface area contributed by atoms with Gasteiger partial charge in [0.05, 0.1) is 12.7 Å². The van der Waals surface area contributed by atoms with Gasteiger partial charge in [-0.15, -0.1) is 0 Å². The Hall–Kier alpha value is -2.06. The summed E-state index contributed by atoms with van der Waals surface area (Å²) in [5.74, 6) is 0. The lowest BCUT2D eigenvalue weighted by Crippen LogP contribution is -2.43. The standard InChI is InChI=1S/C12H11ClN4O3S/c1-16-11-10(6-14-16)15-12(18)17(21(11,19)20)7-8-3-2-4-9(13)5-8/h2-6H,7H2,1H3,(H,15,18). The molecule has 0 atom stereocenters. The molecule has 110 valence electrons. The quantitative estimate of drug-likeness (QED) is 0.912. The van der Waals surface area contributed by atoms with Crippen LogP contribution in [0.15, 0.2) is 35.5 Å². The second-order valence-electron chi connectivity index (χ2n) is 4.56. The first-order valence-electron chi connectivity index (χ1n) is 6.00. The number of benzene rings is 1. The third kappa shape index (κ3) is 2.26. The van der Waals surface area contributed by atoms with Gasteiger partial charge in [-0.3, -0.25) is 4.68 Å². The molecule has 9 heteroatoms. The molecule has 1 aromatic carbocycles. The maximum atomic E-state index is 12.6. The van der Waals surface area contributed by atoms with Crippen molar-refractivity contribution < 1.29 is 13.2 Å². The van der Waals surface area contributed by atoms with Crippen molar-refractivity contribution in [2.75, 3.05) is 5.32 Å². The number of sulfonamides is 1. The molecule has 1 aliphatic heterocycles. The topological polar surface area (TPSA) is 84.3 Å². The number of hydrogen-bond acceptors (Lipinski definition) is 4. The predicted octanol–water partition coefficient (Wildman–Crippen LogP) is 1.81. The van der Waals surface area contributed by atoms with Crippen molar-refractivity contribution in [3.63, 3.8) is 0 Å². The highest BCUT2D eigenvalue weighted by atomic mass is 35.5. The van der Waals surface area contributed by atoms with Gasteiger partial charge in [0.25, 0.3) is 10.0 Å². The van der Waals surface area contributed by atoms with E-state index in [0.29, 0.717) is 10.6 Å². The molecule has 0 aliphatic carbocycles. The normalized spacial score (nSPS) is 16.5. The molecular formula is C12H11ClN4O3S. The van der Waals surface area contributed by atoms with Crippen molar-refractivity contribution in [2.45, 2.75) is 11.6 Å². The number of anilines is 1. The lowest BCUT2D eigenvalue weighted by atomic mass is 10.2. The Morgan fingerprint density at radius 3 is 2.86 bits per heavy atom. The number of carbonyl (C=O) groups excluding carboxylic acids is 1. The zero-order valence-electron chi connectivity index (χ0n) is 10.9. The molecule has 0 spiro atoms. The van der Waals surface area contributed by atoms with Crippen LogP contribution in [-0.2, 0) is 23.6 Å². The maximum Gasteiger partial charge on any atom is 0.336 e. The summed E-state index contributed by atoms with van der Waals surface area (Å²) in [5.41, 5.74) is 0.802. The van der Waals surface area contributed by atoms with Gasteiger partial charge in [-0.2, -0.15) is 13.5 Å². The number of amides is 2. The smallest absolute Gasteiger partial charge is 0.303 e. The summed E-state index contributed by atoms with van der Waals surface area (Å²) in [4.78, 5) is 12.0. The van der Waals surface area contributed by atoms with E-state index < -0.39 is 16.1 Å². The van der Waals surface area contributed by atoms with E-state index in [1.54, 1.807) is 24.3 Å². The third-order valence-corrected chi connectivity index (χ3v) is 5.19. The SMILES string of the molecule is Cn1ncc2c1S(=O)(=O)N(Cc1cccc(Cl)c1)C(=O)N2. The van der Waals surface area contributed by atoms with Crippen LogP contribution in [0.3, 0.4) is 0 Å². The summed E-state index contributed by atoms with van der Waals surface area (Å²) in [7, 11) is -2.45. The van der Waals surface area contributed by atoms with E-state index in [0.717, 1.165) is 4.31 Å². The second-order valence-corrected chi connectivity index (χ2v) is 6.77. The first-order chi connectivity index (χ1) is 9.89. The zero-order chi connectivity index (χ0) is 15.2. The molecule has 0 bridgehead atoms. The number of hydrogen-bond donors (Lipinski definition) is 1. The van der Waals surface area contributed by atoms with Crippen molar-refractivity contribution in [2.24, 2.45) is 7.05 Å². The van der Waals surface area contributed by atoms with Gasteiger partial charge in [-0.25, -0.2) is 9.10 Å². The molecule has 0 saturated heterocycles. The van der Waals surface area contributed by atoms with Gasteiger partial charge in [-0.05, 0) is 17.7 Å². The molecule has 0 unspecified atom stereocenters. The number of urea groups is 1. The summed E-state index contributed by atoms with van der Waals surface area (Å²) in [6, 6.07) is 5.98. The number of halogens is 1. The third-order valence-electron chi connectivity index (χ3n) is 3.10. The Morgan fingerprint density at radius 2 is 2.14 bits per heavy atom. The van der Waals surface area contributed by atoms with Crippen LogP contribution in [0.25, 0.3) is 0 Å². The summed E-state index contributed by atoms with van der Waals surface area (Å²) in [5, 5.41) is 6.81. The molecule has 0 saturated carbocycles. The number of carbonyl (C=O) groups is 1. The first-order valence-corrected chi connectivity index (χ1v) is 7.81. The average molecular weight is 327 g/mol. The fourth-order valence-corrected chi connectivity index (χ4v) is 3.93. The fourth-order valence-electron chi connectivity index (χ4n) is 2.17. The maximum absolute atomic E-state index is 12.6. The molecule has 1 aliphatic rings. The molecule has 7 nitrogen and oxygen atoms in total. The average Bonchev–Trinajstić information content (AvgIpc) is 2.76. The predicted molar refractivity (Wildman–Crippen MR) is 76.4 cm³/mol. The summed E-state index contributed by atoms with van der Waals surface area (Å²) in [6.45, 7) is -0.0979. The summed E-state index contributed by atoms with van der Waals surface area (Å²) in [6.07, 6.45) is 1.31. The minimum absolute atomic E-state index is 0.0378. The molecule has 0 fully saturated rings. The van der Waals surface area contributed by atoms with Crippen LogP contribution in [0.1, 0.15) is 5.56 Å². The van der Waals surface area contributed by atoms with Crippen molar-refractivity contribution in [1.29, 1.82) is 0 Å². The molecule has 1 aromatic heterocycles. The van der Waals surface area contributed by atoms with E-state index >= 15 is 0 Å². The van der Waals surface area contributed by atoms with E-state index in [4.69, 9.17) is 11.6 Å². The number of fused-ring (bicyclic) bond motifs is 1. The Balaban J connectivity index is 2.03. The molecule has 2 amide bonds. The Kier molecular flexibility index (Phi) is 3.14. The van der Waals surface area contributed by atoms with Crippen molar-refractivity contribution in [3.05, 3.63) is 41.0 Å². The van der Waals surface area contributed by atoms with Gasteiger partial charge in [0, 0.05) is 12.1 Å². The van der Waals surface area contributed by atoms with Crippen LogP contribution in [0, 0.1) is 0 Å². The van der Waals surface area contributed by atoms with Gasteiger partial charge >= 0.3 is 6.03 Å². The minimum atomic E-state index is -3.95. The molecule has 1 N–H and O–H groups in total. The van der Waals surface area contributed by atoms with E-state index in [1.165, 1.54) is 17.9 Å². The lowest BCUT2D eigenvalue weighted by molar-refractivity contribution is 0.233. The van der Waals surface area contributed by atoms with Crippen molar-refractivity contribution >= 4 is 33.3 Å². The van der Waals surface area contributed by atoms with E-state index in [9.17, 15) is 13.2 Å². The van der Waals surface area contributed by atoms with Crippen LogP contribution in [0.4, 0.5) is 10.5 Å². The Morgan fingerprint density at radius 1 is 1.38 bits per heavy atom. The lowest BCUT2D eigenvalue weighted by Gasteiger charge is -2.27. The number of rotatable bonds is 2. The van der Waals surface area contributed by atoms with Gasteiger partial charge in [0.2, 0.25) is 0 Å². The molecule has 2 heterocycles. The highest BCUT2D eigenvalue weighted by Gasteiger charge is 2.39. The van der Waals surface area contributed by atoms with Gasteiger partial charge in [0.1, 0.15) is 5.69 Å². The van der Waals surface area contributed by atoms with E-state index in [-0.39, 0.29) is 17.3 Å². The molecular weight excluding hydrogens is 316 g/mol. The van der Waals surface area contributed by atoms with E-state index in [1.807, 2.05) is 0 Å². The monoisotopic (exact) mass is 326 g/mol. The molecule has 21 heavy (non-hydrogen) atoms. The second kappa shape index (κ2) is 4.74. The Labute approximate surface area is 126 Å². The van der Waals surface area contributed by atoms with Crippen molar-refractivity contribution in [3.8, 4) is 0 Å². The largest absolute Gasteiger partial charge is 0.336 e. The van der Waals surface area contributed by atoms with Crippen LogP contribution in [-0.4, -0.2) is 28.5 Å². The van der Waals surface area contributed by atoms with Crippen LogP contribution < -0.4 is 5.32 Å². The molecule has 2 aromatic rings.